The molecule has 1 unspecified atom stereocenters. The van der Waals surface area contributed by atoms with E-state index in [1.54, 1.807) is 12.1 Å². The molecule has 1 heterocycles. The van der Waals surface area contributed by atoms with Crippen LogP contribution in [0, 0.1) is 5.82 Å². The highest BCUT2D eigenvalue weighted by Gasteiger charge is 2.16. The molecule has 1 saturated heterocycles. The molecule has 0 spiro atoms. The third kappa shape index (κ3) is 2.05. The number of benzene rings is 1. The smallest absolute Gasteiger partial charge is 0.126 e. The predicted octanol–water partition coefficient (Wildman–Crippen LogP) is 1.31. The Balaban J connectivity index is 2.04. The lowest BCUT2D eigenvalue weighted by Gasteiger charge is -2.08. The lowest BCUT2D eigenvalue weighted by Crippen LogP contribution is -2.17. The van der Waals surface area contributed by atoms with Crippen LogP contribution < -0.4 is 5.32 Å². The Morgan fingerprint density at radius 1 is 1.46 bits per heavy atom. The summed E-state index contributed by atoms with van der Waals surface area (Å²) in [6.45, 7) is 1.40. The molecule has 0 bridgehead atoms. The van der Waals surface area contributed by atoms with Crippen molar-refractivity contribution in [3.05, 3.63) is 35.6 Å². The molecule has 0 aromatic heterocycles. The van der Waals surface area contributed by atoms with E-state index in [0.717, 1.165) is 12.1 Å². The van der Waals surface area contributed by atoms with Crippen molar-refractivity contribution in [3.8, 4) is 0 Å². The summed E-state index contributed by atoms with van der Waals surface area (Å²) >= 11 is 0. The second-order valence-electron chi connectivity index (χ2n) is 3.18. The fraction of sp³-hybridized carbons (Fsp3) is 0.400. The lowest BCUT2D eigenvalue weighted by molar-refractivity contribution is 0.113. The minimum Gasteiger partial charge on any atom is -0.361 e. The summed E-state index contributed by atoms with van der Waals surface area (Å²) < 4.78 is 18.5. The summed E-state index contributed by atoms with van der Waals surface area (Å²) in [5, 5.41) is 3.07. The standard InChI is InChI=1S/C10H12FNO/c11-10-4-2-1-3-8(10)5-9-6-12-7-13-9/h1-4,9,12H,5-7H2. The first-order valence-electron chi connectivity index (χ1n) is 4.42. The molecule has 1 aliphatic heterocycles. The van der Waals surface area contributed by atoms with Crippen molar-refractivity contribution >= 4 is 0 Å². The van der Waals surface area contributed by atoms with Gasteiger partial charge in [0.1, 0.15) is 5.82 Å². The van der Waals surface area contributed by atoms with Gasteiger partial charge in [0.25, 0.3) is 0 Å². The highest BCUT2D eigenvalue weighted by Crippen LogP contribution is 2.11. The van der Waals surface area contributed by atoms with Crippen molar-refractivity contribution in [2.24, 2.45) is 0 Å². The summed E-state index contributed by atoms with van der Waals surface area (Å²) in [5.74, 6) is -0.141. The normalized spacial score (nSPS) is 22.1. The summed E-state index contributed by atoms with van der Waals surface area (Å²) in [5.41, 5.74) is 0.733. The second kappa shape index (κ2) is 3.85. The van der Waals surface area contributed by atoms with Crippen LogP contribution in [0.4, 0.5) is 4.39 Å². The van der Waals surface area contributed by atoms with Gasteiger partial charge in [-0.1, -0.05) is 18.2 Å². The van der Waals surface area contributed by atoms with E-state index >= 15 is 0 Å². The molecule has 13 heavy (non-hydrogen) atoms. The van der Waals surface area contributed by atoms with Gasteiger partial charge >= 0.3 is 0 Å². The van der Waals surface area contributed by atoms with Gasteiger partial charge in [-0.15, -0.1) is 0 Å². The molecule has 0 amide bonds. The first-order chi connectivity index (χ1) is 6.36. The summed E-state index contributed by atoms with van der Waals surface area (Å²) in [7, 11) is 0. The van der Waals surface area contributed by atoms with Crippen molar-refractivity contribution in [1.82, 2.24) is 5.32 Å². The maximum atomic E-state index is 13.2. The van der Waals surface area contributed by atoms with Gasteiger partial charge in [0.2, 0.25) is 0 Å². The molecule has 0 saturated carbocycles. The van der Waals surface area contributed by atoms with E-state index in [4.69, 9.17) is 4.74 Å². The molecule has 2 nitrogen and oxygen atoms in total. The number of halogens is 1. The first kappa shape index (κ1) is 8.66. The van der Waals surface area contributed by atoms with Gasteiger partial charge in [-0.25, -0.2) is 4.39 Å². The molecule has 0 aliphatic carbocycles. The fourth-order valence-electron chi connectivity index (χ4n) is 1.50. The second-order valence-corrected chi connectivity index (χ2v) is 3.18. The third-order valence-corrected chi connectivity index (χ3v) is 2.20. The first-order valence-corrected chi connectivity index (χ1v) is 4.42. The van der Waals surface area contributed by atoms with Crippen LogP contribution in [-0.4, -0.2) is 19.4 Å². The zero-order chi connectivity index (χ0) is 9.10. The number of nitrogens with one attached hydrogen (secondary N) is 1. The molecular weight excluding hydrogens is 169 g/mol. The van der Waals surface area contributed by atoms with E-state index in [2.05, 4.69) is 5.32 Å². The average Bonchev–Trinajstić information content (AvgIpc) is 2.61. The molecular formula is C10H12FNO. The molecule has 1 aromatic carbocycles. The maximum absolute atomic E-state index is 13.2. The molecule has 1 N–H and O–H groups in total. The van der Waals surface area contributed by atoms with Crippen molar-refractivity contribution in [2.45, 2.75) is 12.5 Å². The zero-order valence-electron chi connectivity index (χ0n) is 7.29. The third-order valence-electron chi connectivity index (χ3n) is 2.20. The Morgan fingerprint density at radius 2 is 2.31 bits per heavy atom. The average molecular weight is 181 g/mol. The summed E-state index contributed by atoms with van der Waals surface area (Å²) in [6.07, 6.45) is 0.775. The Bertz CT molecular complexity index is 284. The minimum atomic E-state index is -0.141. The van der Waals surface area contributed by atoms with Crippen LogP contribution in [-0.2, 0) is 11.2 Å². The van der Waals surface area contributed by atoms with Crippen molar-refractivity contribution < 1.29 is 9.13 Å². The number of rotatable bonds is 2. The van der Waals surface area contributed by atoms with E-state index in [1.165, 1.54) is 6.07 Å². The van der Waals surface area contributed by atoms with Crippen molar-refractivity contribution in [1.29, 1.82) is 0 Å². The van der Waals surface area contributed by atoms with Crippen LogP contribution in [0.5, 0.6) is 0 Å². The molecule has 1 aliphatic rings. The highest BCUT2D eigenvalue weighted by atomic mass is 19.1. The zero-order valence-corrected chi connectivity index (χ0v) is 7.29. The number of hydrogen-bond donors (Lipinski definition) is 1. The molecule has 2 rings (SSSR count). The van der Waals surface area contributed by atoms with E-state index in [-0.39, 0.29) is 11.9 Å². The Hall–Kier alpha value is -0.930. The van der Waals surface area contributed by atoms with Crippen LogP contribution in [0.2, 0.25) is 0 Å². The van der Waals surface area contributed by atoms with Gasteiger partial charge in [-0.2, -0.15) is 0 Å². The quantitative estimate of drug-likeness (QED) is 0.742. The largest absolute Gasteiger partial charge is 0.361 e. The fourth-order valence-corrected chi connectivity index (χ4v) is 1.50. The lowest BCUT2D eigenvalue weighted by atomic mass is 10.1. The summed E-state index contributed by atoms with van der Waals surface area (Å²) in [4.78, 5) is 0. The topological polar surface area (TPSA) is 21.3 Å². The monoisotopic (exact) mass is 181 g/mol. The van der Waals surface area contributed by atoms with Gasteiger partial charge in [0.15, 0.2) is 0 Å². The van der Waals surface area contributed by atoms with Crippen molar-refractivity contribution in [2.75, 3.05) is 13.3 Å². The van der Waals surface area contributed by atoms with Gasteiger partial charge < -0.3 is 4.74 Å². The SMILES string of the molecule is Fc1ccccc1CC1CNCO1. The molecule has 0 radical (unpaired) electrons. The Morgan fingerprint density at radius 3 is 3.00 bits per heavy atom. The number of hydrogen-bond acceptors (Lipinski definition) is 2. The number of ether oxygens (including phenoxy) is 1. The van der Waals surface area contributed by atoms with Gasteiger partial charge in [0, 0.05) is 13.0 Å². The van der Waals surface area contributed by atoms with E-state index < -0.39 is 0 Å². The predicted molar refractivity (Wildman–Crippen MR) is 47.8 cm³/mol. The van der Waals surface area contributed by atoms with E-state index in [0.29, 0.717) is 13.2 Å². The van der Waals surface area contributed by atoms with Gasteiger partial charge in [-0.3, -0.25) is 5.32 Å². The maximum Gasteiger partial charge on any atom is 0.126 e. The highest BCUT2D eigenvalue weighted by molar-refractivity contribution is 5.18. The molecule has 1 atom stereocenters. The van der Waals surface area contributed by atoms with Crippen LogP contribution in [0.25, 0.3) is 0 Å². The van der Waals surface area contributed by atoms with E-state index in [9.17, 15) is 4.39 Å². The molecule has 1 fully saturated rings. The van der Waals surface area contributed by atoms with Gasteiger partial charge in [0.05, 0.1) is 12.8 Å². The van der Waals surface area contributed by atoms with Gasteiger partial charge in [-0.05, 0) is 11.6 Å². The molecule has 3 heteroatoms. The van der Waals surface area contributed by atoms with Crippen LogP contribution >= 0.6 is 0 Å². The Labute approximate surface area is 76.7 Å². The van der Waals surface area contributed by atoms with E-state index in [1.807, 2.05) is 6.07 Å². The van der Waals surface area contributed by atoms with Crippen molar-refractivity contribution in [3.63, 3.8) is 0 Å². The van der Waals surface area contributed by atoms with Crippen LogP contribution in [0.15, 0.2) is 24.3 Å². The van der Waals surface area contributed by atoms with Crippen LogP contribution in [0.1, 0.15) is 5.56 Å². The minimum absolute atomic E-state index is 0.122. The van der Waals surface area contributed by atoms with Crippen LogP contribution in [0.3, 0.4) is 0 Å². The molecule has 1 aromatic rings. The summed E-state index contributed by atoms with van der Waals surface area (Å²) in [6, 6.07) is 6.84. The molecule has 70 valence electrons. The Kier molecular flexibility index (Phi) is 2.57.